The number of benzene rings is 2. The molecule has 5 nitrogen and oxygen atoms in total. The van der Waals surface area contributed by atoms with Crippen molar-refractivity contribution in [1.82, 2.24) is 15.1 Å². The normalized spacial score (nSPS) is 20.6. The van der Waals surface area contributed by atoms with Gasteiger partial charge in [0.15, 0.2) is 0 Å². The average molecular weight is 401 g/mol. The summed E-state index contributed by atoms with van der Waals surface area (Å²) in [6, 6.07) is 8.90. The molecule has 0 bridgehead atoms. The number of halogens is 2. The summed E-state index contributed by atoms with van der Waals surface area (Å²) in [7, 11) is 2.03. The molecule has 0 spiro atoms. The quantitative estimate of drug-likeness (QED) is 0.691. The molecule has 1 aliphatic heterocycles. The number of likely N-dealkylation sites (tertiary alicyclic amines) is 1. The Labute approximate surface area is 167 Å². The SMILES string of the molecule is Cc1cc(Cl)cc(-c2ccc3n[nH]c(C4CC(C(N)=O)CCN4C)c3c2)c1F. The lowest BCUT2D eigenvalue weighted by Gasteiger charge is -2.35. The third-order valence-corrected chi connectivity index (χ3v) is 5.94. The molecular weight excluding hydrogens is 379 g/mol. The number of nitrogens with zero attached hydrogens (tertiary/aromatic N) is 2. The van der Waals surface area contributed by atoms with Crippen LogP contribution in [0.4, 0.5) is 4.39 Å². The van der Waals surface area contributed by atoms with Crippen molar-refractivity contribution in [1.29, 1.82) is 0 Å². The second-order valence-electron chi connectivity index (χ2n) is 7.57. The number of aryl methyl sites for hydroxylation is 1. The van der Waals surface area contributed by atoms with E-state index in [9.17, 15) is 9.18 Å². The van der Waals surface area contributed by atoms with E-state index in [0.717, 1.165) is 35.1 Å². The minimum absolute atomic E-state index is 0.00237. The van der Waals surface area contributed by atoms with E-state index in [2.05, 4.69) is 15.1 Å². The fourth-order valence-electron chi connectivity index (χ4n) is 4.07. The van der Waals surface area contributed by atoms with E-state index in [1.807, 2.05) is 25.2 Å². The highest BCUT2D eigenvalue weighted by Crippen LogP contribution is 2.37. The Balaban J connectivity index is 1.80. The molecule has 2 heterocycles. The molecular formula is C21H22ClFN4O. The first-order valence-electron chi connectivity index (χ1n) is 9.28. The van der Waals surface area contributed by atoms with Crippen molar-refractivity contribution in [2.45, 2.75) is 25.8 Å². The van der Waals surface area contributed by atoms with Gasteiger partial charge in [0, 0.05) is 21.9 Å². The lowest BCUT2D eigenvalue weighted by molar-refractivity contribution is -0.123. The van der Waals surface area contributed by atoms with Gasteiger partial charge in [-0.05, 0) is 68.8 Å². The van der Waals surface area contributed by atoms with Gasteiger partial charge in [0.1, 0.15) is 5.82 Å². The van der Waals surface area contributed by atoms with Crippen LogP contribution < -0.4 is 5.73 Å². The van der Waals surface area contributed by atoms with E-state index in [1.165, 1.54) is 0 Å². The molecule has 2 atom stereocenters. The topological polar surface area (TPSA) is 75.0 Å². The number of piperidine rings is 1. The van der Waals surface area contributed by atoms with Crippen LogP contribution in [0.5, 0.6) is 0 Å². The molecule has 28 heavy (non-hydrogen) atoms. The molecule has 1 fully saturated rings. The number of aromatic nitrogens is 2. The predicted molar refractivity (Wildman–Crippen MR) is 109 cm³/mol. The van der Waals surface area contributed by atoms with E-state index in [1.54, 1.807) is 19.1 Å². The van der Waals surface area contributed by atoms with Crippen LogP contribution in [-0.2, 0) is 4.79 Å². The van der Waals surface area contributed by atoms with Crippen molar-refractivity contribution >= 4 is 28.4 Å². The van der Waals surface area contributed by atoms with Crippen molar-refractivity contribution in [3.8, 4) is 11.1 Å². The highest BCUT2D eigenvalue weighted by atomic mass is 35.5. The molecule has 1 saturated heterocycles. The van der Waals surface area contributed by atoms with Gasteiger partial charge in [-0.25, -0.2) is 4.39 Å². The summed E-state index contributed by atoms with van der Waals surface area (Å²) in [5, 5.41) is 8.94. The molecule has 1 aliphatic rings. The highest BCUT2D eigenvalue weighted by Gasteiger charge is 2.32. The molecule has 1 aromatic heterocycles. The number of hydrogen-bond acceptors (Lipinski definition) is 3. The molecule has 2 unspecified atom stereocenters. The lowest BCUT2D eigenvalue weighted by Crippen LogP contribution is -2.39. The van der Waals surface area contributed by atoms with E-state index in [0.29, 0.717) is 22.6 Å². The van der Waals surface area contributed by atoms with Crippen molar-refractivity contribution in [2.75, 3.05) is 13.6 Å². The number of amides is 1. The number of nitrogens with one attached hydrogen (secondary N) is 1. The summed E-state index contributed by atoms with van der Waals surface area (Å²) in [5.41, 5.74) is 8.98. The number of rotatable bonds is 3. The monoisotopic (exact) mass is 400 g/mol. The molecule has 2 aromatic carbocycles. The van der Waals surface area contributed by atoms with Gasteiger partial charge in [0.25, 0.3) is 0 Å². The van der Waals surface area contributed by atoms with Gasteiger partial charge in [-0.1, -0.05) is 17.7 Å². The van der Waals surface area contributed by atoms with E-state index in [-0.39, 0.29) is 23.7 Å². The van der Waals surface area contributed by atoms with Crippen LogP contribution in [0.15, 0.2) is 30.3 Å². The van der Waals surface area contributed by atoms with Crippen molar-refractivity contribution in [3.63, 3.8) is 0 Å². The summed E-state index contributed by atoms with van der Waals surface area (Å²) in [4.78, 5) is 13.9. The van der Waals surface area contributed by atoms with Gasteiger partial charge in [0.05, 0.1) is 17.3 Å². The third kappa shape index (κ3) is 3.27. The standard InChI is InChI=1S/C21H22ClFN4O/c1-11-7-14(22)10-15(19(11)23)12-3-4-17-16(8-12)20(26-25-17)18-9-13(21(24)28)5-6-27(18)2/h3-4,7-8,10,13,18H,5-6,9H2,1-2H3,(H2,24,28)(H,25,26). The van der Waals surface area contributed by atoms with E-state index < -0.39 is 0 Å². The van der Waals surface area contributed by atoms with Crippen molar-refractivity contribution in [3.05, 3.63) is 52.4 Å². The van der Waals surface area contributed by atoms with Gasteiger partial charge in [-0.2, -0.15) is 5.10 Å². The average Bonchev–Trinajstić information content (AvgIpc) is 3.07. The van der Waals surface area contributed by atoms with Crippen LogP contribution in [-0.4, -0.2) is 34.6 Å². The zero-order valence-electron chi connectivity index (χ0n) is 15.8. The summed E-state index contributed by atoms with van der Waals surface area (Å²) >= 11 is 6.15. The summed E-state index contributed by atoms with van der Waals surface area (Å²) in [6.45, 7) is 2.48. The molecule has 7 heteroatoms. The minimum Gasteiger partial charge on any atom is -0.369 e. The number of primary amides is 1. The first-order valence-corrected chi connectivity index (χ1v) is 9.66. The van der Waals surface area contributed by atoms with Crippen LogP contribution in [0.3, 0.4) is 0 Å². The van der Waals surface area contributed by atoms with Crippen LogP contribution in [0.2, 0.25) is 5.02 Å². The maximum atomic E-state index is 14.7. The Kier molecular flexibility index (Phi) is 4.85. The van der Waals surface area contributed by atoms with Crippen LogP contribution >= 0.6 is 11.6 Å². The molecule has 0 saturated carbocycles. The van der Waals surface area contributed by atoms with Gasteiger partial charge in [-0.3, -0.25) is 14.8 Å². The zero-order chi connectivity index (χ0) is 20.0. The van der Waals surface area contributed by atoms with Crippen LogP contribution in [0.1, 0.15) is 30.1 Å². The number of carbonyl (C=O) groups excluding carboxylic acids is 1. The second kappa shape index (κ2) is 7.18. The van der Waals surface area contributed by atoms with Crippen LogP contribution in [0, 0.1) is 18.7 Å². The van der Waals surface area contributed by atoms with Crippen molar-refractivity contribution in [2.24, 2.45) is 11.7 Å². The number of nitrogens with two attached hydrogens (primary N) is 1. The fourth-order valence-corrected chi connectivity index (χ4v) is 4.34. The number of H-pyrrole nitrogens is 1. The molecule has 3 aromatic rings. The van der Waals surface area contributed by atoms with Gasteiger partial charge < -0.3 is 5.73 Å². The summed E-state index contributed by atoms with van der Waals surface area (Å²) < 4.78 is 14.7. The van der Waals surface area contributed by atoms with Gasteiger partial charge in [0.2, 0.25) is 5.91 Å². The predicted octanol–water partition coefficient (Wildman–Crippen LogP) is 4.20. The van der Waals surface area contributed by atoms with Crippen molar-refractivity contribution < 1.29 is 9.18 Å². The fraction of sp³-hybridized carbons (Fsp3) is 0.333. The van der Waals surface area contributed by atoms with Gasteiger partial charge in [-0.15, -0.1) is 0 Å². The third-order valence-electron chi connectivity index (χ3n) is 5.72. The summed E-state index contributed by atoms with van der Waals surface area (Å²) in [5.74, 6) is -0.702. The summed E-state index contributed by atoms with van der Waals surface area (Å²) in [6.07, 6.45) is 1.39. The van der Waals surface area contributed by atoms with E-state index >= 15 is 0 Å². The number of fused-ring (bicyclic) bond motifs is 1. The Morgan fingerprint density at radius 2 is 2.14 bits per heavy atom. The lowest BCUT2D eigenvalue weighted by atomic mass is 9.88. The largest absolute Gasteiger partial charge is 0.369 e. The first kappa shape index (κ1) is 18.9. The highest BCUT2D eigenvalue weighted by molar-refractivity contribution is 6.31. The molecule has 3 N–H and O–H groups in total. The smallest absolute Gasteiger partial charge is 0.220 e. The Bertz CT molecular complexity index is 1060. The number of hydrogen-bond donors (Lipinski definition) is 2. The number of carbonyl (C=O) groups is 1. The first-order chi connectivity index (χ1) is 13.3. The Morgan fingerprint density at radius 1 is 1.36 bits per heavy atom. The van der Waals surface area contributed by atoms with E-state index in [4.69, 9.17) is 17.3 Å². The Hall–Kier alpha value is -2.44. The maximum Gasteiger partial charge on any atom is 0.220 e. The molecule has 1 amide bonds. The molecule has 0 aliphatic carbocycles. The molecule has 0 radical (unpaired) electrons. The van der Waals surface area contributed by atoms with Gasteiger partial charge >= 0.3 is 0 Å². The second-order valence-corrected chi connectivity index (χ2v) is 8.01. The number of aromatic amines is 1. The molecule has 4 rings (SSSR count). The molecule has 146 valence electrons. The zero-order valence-corrected chi connectivity index (χ0v) is 16.6. The minimum atomic E-state index is -0.280. The van der Waals surface area contributed by atoms with Crippen LogP contribution in [0.25, 0.3) is 22.0 Å². The maximum absolute atomic E-state index is 14.7. The Morgan fingerprint density at radius 3 is 2.89 bits per heavy atom.